The molecule has 1 aliphatic carbocycles. The molecule has 0 aliphatic heterocycles. The molecule has 0 bridgehead atoms. The summed E-state index contributed by atoms with van der Waals surface area (Å²) in [5.41, 5.74) is -0.507. The zero-order valence-corrected chi connectivity index (χ0v) is 17.2. The minimum atomic E-state index is -4.49. The van der Waals surface area contributed by atoms with E-state index in [4.69, 9.17) is 0 Å². The Labute approximate surface area is 163 Å². The molecular formula is C18H26F3N3O3S. The van der Waals surface area contributed by atoms with Gasteiger partial charge in [-0.2, -0.15) is 13.2 Å². The van der Waals surface area contributed by atoms with Gasteiger partial charge in [-0.25, -0.2) is 18.1 Å². The summed E-state index contributed by atoms with van der Waals surface area (Å²) >= 11 is 0. The van der Waals surface area contributed by atoms with Gasteiger partial charge in [-0.05, 0) is 64.5 Å². The third kappa shape index (κ3) is 5.22. The first-order valence-corrected chi connectivity index (χ1v) is 10.7. The Balaban J connectivity index is 1.99. The molecule has 1 amide bonds. The first-order chi connectivity index (χ1) is 12.8. The molecule has 0 aromatic carbocycles. The molecular weight excluding hydrogens is 395 g/mol. The number of nitrogens with zero attached hydrogens (tertiary/aromatic N) is 1. The lowest BCUT2D eigenvalue weighted by Crippen LogP contribution is -2.42. The minimum absolute atomic E-state index is 0.0320. The maximum absolute atomic E-state index is 12.9. The second-order valence-corrected chi connectivity index (χ2v) is 9.79. The number of halogens is 3. The Kier molecular flexibility index (Phi) is 6.75. The lowest BCUT2D eigenvalue weighted by molar-refractivity contribution is -0.138. The molecule has 0 radical (unpaired) electrons. The van der Waals surface area contributed by atoms with Crippen molar-refractivity contribution >= 4 is 21.7 Å². The van der Waals surface area contributed by atoms with Crippen LogP contribution in [0.2, 0.25) is 0 Å². The number of aromatic nitrogens is 1. The number of carbonyl (C=O) groups is 1. The summed E-state index contributed by atoms with van der Waals surface area (Å²) in [6, 6.07) is -0.204. The molecule has 28 heavy (non-hydrogen) atoms. The van der Waals surface area contributed by atoms with Crippen molar-refractivity contribution in [1.29, 1.82) is 0 Å². The predicted octanol–water partition coefficient (Wildman–Crippen LogP) is 3.54. The molecule has 1 fully saturated rings. The Morgan fingerprint density at radius 2 is 1.71 bits per heavy atom. The van der Waals surface area contributed by atoms with E-state index in [0.29, 0.717) is 25.7 Å². The minimum Gasteiger partial charge on any atom is -0.310 e. The molecule has 1 heterocycles. The topological polar surface area (TPSA) is 88.2 Å². The van der Waals surface area contributed by atoms with Crippen molar-refractivity contribution in [1.82, 2.24) is 9.71 Å². The van der Waals surface area contributed by atoms with Gasteiger partial charge in [-0.15, -0.1) is 0 Å². The number of anilines is 1. The molecule has 0 unspecified atom stereocenters. The maximum atomic E-state index is 12.9. The van der Waals surface area contributed by atoms with Crippen LogP contribution in [0.1, 0.15) is 56.2 Å². The quantitative estimate of drug-likeness (QED) is 0.761. The molecule has 158 valence electrons. The van der Waals surface area contributed by atoms with E-state index in [0.717, 1.165) is 6.20 Å². The lowest BCUT2D eigenvalue weighted by atomic mass is 9.86. The van der Waals surface area contributed by atoms with Gasteiger partial charge < -0.3 is 5.32 Å². The Morgan fingerprint density at radius 3 is 2.21 bits per heavy atom. The highest BCUT2D eigenvalue weighted by Crippen LogP contribution is 2.34. The van der Waals surface area contributed by atoms with Crippen LogP contribution in [0.5, 0.6) is 0 Å². The lowest BCUT2D eigenvalue weighted by Gasteiger charge is -2.29. The number of rotatable bonds is 5. The highest BCUT2D eigenvalue weighted by Gasteiger charge is 2.34. The van der Waals surface area contributed by atoms with E-state index in [9.17, 15) is 26.4 Å². The third-order valence-electron chi connectivity index (χ3n) is 5.24. The first kappa shape index (κ1) is 22.6. The first-order valence-electron chi connectivity index (χ1n) is 9.18. The van der Waals surface area contributed by atoms with E-state index in [1.165, 1.54) is 13.8 Å². The van der Waals surface area contributed by atoms with Gasteiger partial charge >= 0.3 is 6.18 Å². The summed E-state index contributed by atoms with van der Waals surface area (Å²) in [6.07, 6.45) is -1.71. The fourth-order valence-corrected chi connectivity index (χ4v) is 4.15. The molecule has 1 saturated carbocycles. The molecule has 0 atom stereocenters. The molecule has 2 N–H and O–H groups in total. The van der Waals surface area contributed by atoms with Gasteiger partial charge in [0.15, 0.2) is 0 Å². The van der Waals surface area contributed by atoms with Gasteiger partial charge in [0.05, 0.1) is 10.8 Å². The standard InChI is InChI=1S/C18H26F3N3O3S/c1-10(2)28(26,27)24-14-7-5-13(6-8-14)17(25)23-16-12(4)11(3)15(9-22-16)18(19,20)21/h9-10,13-14,24H,5-8H2,1-4H3,(H,22,23,25)/t13-,14-. The summed E-state index contributed by atoms with van der Waals surface area (Å²) in [7, 11) is -3.36. The number of pyridine rings is 1. The van der Waals surface area contributed by atoms with Crippen LogP contribution in [0.4, 0.5) is 19.0 Å². The predicted molar refractivity (Wildman–Crippen MR) is 100 cm³/mol. The highest BCUT2D eigenvalue weighted by atomic mass is 32.2. The molecule has 1 aliphatic rings. The van der Waals surface area contributed by atoms with E-state index in [2.05, 4.69) is 15.0 Å². The van der Waals surface area contributed by atoms with Crippen LogP contribution >= 0.6 is 0 Å². The van der Waals surface area contributed by atoms with E-state index in [1.54, 1.807) is 13.8 Å². The van der Waals surface area contributed by atoms with Crippen molar-refractivity contribution in [2.24, 2.45) is 5.92 Å². The fraction of sp³-hybridized carbons (Fsp3) is 0.667. The van der Waals surface area contributed by atoms with E-state index >= 15 is 0 Å². The van der Waals surface area contributed by atoms with Crippen LogP contribution in [-0.4, -0.2) is 30.6 Å². The Morgan fingerprint density at radius 1 is 1.14 bits per heavy atom. The zero-order valence-electron chi connectivity index (χ0n) is 16.4. The number of carbonyl (C=O) groups excluding carboxylic acids is 1. The van der Waals surface area contributed by atoms with Gasteiger partial charge in [0.25, 0.3) is 0 Å². The molecule has 1 aromatic heterocycles. The van der Waals surface area contributed by atoms with E-state index in [-0.39, 0.29) is 34.8 Å². The molecule has 0 spiro atoms. The smallest absolute Gasteiger partial charge is 0.310 e. The normalized spacial score (nSPS) is 21.0. The number of amides is 1. The maximum Gasteiger partial charge on any atom is 0.418 e. The monoisotopic (exact) mass is 421 g/mol. The number of hydrogen-bond acceptors (Lipinski definition) is 4. The van der Waals surface area contributed by atoms with Crippen molar-refractivity contribution in [2.45, 2.75) is 70.8 Å². The van der Waals surface area contributed by atoms with Crippen molar-refractivity contribution in [3.05, 3.63) is 22.9 Å². The van der Waals surface area contributed by atoms with Gasteiger partial charge in [-0.3, -0.25) is 4.79 Å². The van der Waals surface area contributed by atoms with Gasteiger partial charge in [0.1, 0.15) is 5.82 Å². The van der Waals surface area contributed by atoms with Crippen LogP contribution in [0, 0.1) is 19.8 Å². The van der Waals surface area contributed by atoms with Crippen LogP contribution in [0.3, 0.4) is 0 Å². The van der Waals surface area contributed by atoms with Crippen LogP contribution in [0.25, 0.3) is 0 Å². The van der Waals surface area contributed by atoms with Gasteiger partial charge in [0, 0.05) is 18.2 Å². The number of hydrogen-bond donors (Lipinski definition) is 2. The van der Waals surface area contributed by atoms with Gasteiger partial charge in [0.2, 0.25) is 15.9 Å². The summed E-state index contributed by atoms with van der Waals surface area (Å²) < 4.78 is 65.4. The Hall–Kier alpha value is -1.68. The molecule has 10 heteroatoms. The Bertz CT molecular complexity index is 830. The molecule has 6 nitrogen and oxygen atoms in total. The van der Waals surface area contributed by atoms with Crippen LogP contribution in [0.15, 0.2) is 6.20 Å². The summed E-state index contributed by atoms with van der Waals surface area (Å²) in [5.74, 6) is -0.512. The van der Waals surface area contributed by atoms with Crippen molar-refractivity contribution in [3.63, 3.8) is 0 Å². The third-order valence-corrected chi connectivity index (χ3v) is 7.14. The largest absolute Gasteiger partial charge is 0.418 e. The summed E-state index contributed by atoms with van der Waals surface area (Å²) in [4.78, 5) is 16.3. The van der Waals surface area contributed by atoms with E-state index < -0.39 is 27.0 Å². The average Bonchev–Trinajstić information content (AvgIpc) is 2.58. The highest BCUT2D eigenvalue weighted by molar-refractivity contribution is 7.90. The second kappa shape index (κ2) is 8.36. The number of sulfonamides is 1. The summed E-state index contributed by atoms with van der Waals surface area (Å²) in [5, 5.41) is 2.10. The van der Waals surface area contributed by atoms with Crippen LogP contribution < -0.4 is 10.0 Å². The van der Waals surface area contributed by atoms with Crippen molar-refractivity contribution in [2.75, 3.05) is 5.32 Å². The molecule has 1 aromatic rings. The number of alkyl halides is 3. The molecule has 0 saturated heterocycles. The van der Waals surface area contributed by atoms with Crippen molar-refractivity contribution in [3.8, 4) is 0 Å². The van der Waals surface area contributed by atoms with Crippen molar-refractivity contribution < 1.29 is 26.4 Å². The van der Waals surface area contributed by atoms with Crippen LogP contribution in [-0.2, 0) is 21.0 Å². The fourth-order valence-electron chi connectivity index (χ4n) is 3.17. The van der Waals surface area contributed by atoms with Gasteiger partial charge in [-0.1, -0.05) is 0 Å². The molecule has 2 rings (SSSR count). The second-order valence-electron chi connectivity index (χ2n) is 7.52. The zero-order chi connectivity index (χ0) is 21.3. The van der Waals surface area contributed by atoms with E-state index in [1.807, 2.05) is 0 Å². The summed E-state index contributed by atoms with van der Waals surface area (Å²) in [6.45, 7) is 6.04. The average molecular weight is 421 g/mol. The SMILES string of the molecule is Cc1c(C(F)(F)F)cnc(NC(=O)[C@H]2CC[C@H](NS(=O)(=O)C(C)C)CC2)c1C. The number of nitrogens with one attached hydrogen (secondary N) is 2.